The normalized spacial score (nSPS) is 14.6. The van der Waals surface area contributed by atoms with Crippen LogP contribution in [0.2, 0.25) is 0 Å². The summed E-state index contributed by atoms with van der Waals surface area (Å²) in [5.41, 5.74) is 4.34. The molecule has 2 aromatic rings. The van der Waals surface area contributed by atoms with E-state index >= 15 is 0 Å². The van der Waals surface area contributed by atoms with Crippen LogP contribution in [0, 0.1) is 0 Å². The Kier molecular flexibility index (Phi) is 8.28. The van der Waals surface area contributed by atoms with Gasteiger partial charge in [-0.05, 0) is 48.6 Å². The smallest absolute Gasteiger partial charge is 0.315 e. The van der Waals surface area contributed by atoms with Crippen LogP contribution in [0.5, 0.6) is 0 Å². The van der Waals surface area contributed by atoms with Crippen LogP contribution < -0.4 is 10.6 Å². The van der Waals surface area contributed by atoms with Gasteiger partial charge in [0.1, 0.15) is 0 Å². The fraction of sp³-hybridized carbons (Fsp3) is 0.462. The van der Waals surface area contributed by atoms with Crippen LogP contribution in [-0.2, 0) is 13.1 Å². The van der Waals surface area contributed by atoms with Gasteiger partial charge in [-0.25, -0.2) is 4.79 Å². The summed E-state index contributed by atoms with van der Waals surface area (Å²) in [6.07, 6.45) is 0. The van der Waals surface area contributed by atoms with Crippen LogP contribution in [0.15, 0.2) is 48.5 Å². The van der Waals surface area contributed by atoms with E-state index in [2.05, 4.69) is 53.6 Å². The van der Waals surface area contributed by atoms with Crippen molar-refractivity contribution < 1.29 is 9.59 Å². The number of hydrogen-bond acceptors (Lipinski definition) is 3. The topological polar surface area (TPSA) is 64.7 Å². The Balaban J connectivity index is 1.46. The van der Waals surface area contributed by atoms with Gasteiger partial charge in [-0.15, -0.1) is 0 Å². The number of rotatable bonds is 7. The lowest BCUT2D eigenvalue weighted by molar-refractivity contribution is 0.0628. The van der Waals surface area contributed by atoms with Crippen LogP contribution in [0.25, 0.3) is 0 Å². The van der Waals surface area contributed by atoms with Gasteiger partial charge in [0.05, 0.1) is 0 Å². The molecule has 172 valence electrons. The van der Waals surface area contributed by atoms with Crippen LogP contribution >= 0.6 is 0 Å². The second-order valence-electron chi connectivity index (χ2n) is 9.14. The average Bonchev–Trinajstić information content (AvgIpc) is 2.78. The highest BCUT2D eigenvalue weighted by molar-refractivity contribution is 5.94. The zero-order chi connectivity index (χ0) is 23.1. The number of carbonyl (C=O) groups is 2. The Hall–Kier alpha value is -2.86. The number of nitrogens with zero attached hydrogens (tertiary/aromatic N) is 2. The minimum absolute atomic E-state index is 0.0722. The van der Waals surface area contributed by atoms with Crippen molar-refractivity contribution >= 4 is 11.9 Å². The number of amides is 3. The van der Waals surface area contributed by atoms with E-state index in [1.807, 2.05) is 43.0 Å². The number of piperazine rings is 1. The third kappa shape index (κ3) is 6.82. The third-order valence-electron chi connectivity index (χ3n) is 5.79. The maximum absolute atomic E-state index is 12.9. The molecule has 0 aromatic heterocycles. The van der Waals surface area contributed by atoms with Crippen molar-refractivity contribution in [2.75, 3.05) is 26.2 Å². The Bertz CT molecular complexity index is 883. The van der Waals surface area contributed by atoms with Crippen molar-refractivity contribution in [3.8, 4) is 0 Å². The molecule has 0 spiro atoms. The van der Waals surface area contributed by atoms with E-state index in [1.54, 1.807) is 0 Å². The largest absolute Gasteiger partial charge is 0.336 e. The zero-order valence-electron chi connectivity index (χ0n) is 19.7. The molecule has 1 fully saturated rings. The second kappa shape index (κ2) is 11.1. The molecule has 1 aliphatic heterocycles. The highest BCUT2D eigenvalue weighted by Crippen LogP contribution is 2.17. The first-order chi connectivity index (χ1) is 15.3. The van der Waals surface area contributed by atoms with Crippen molar-refractivity contribution in [1.82, 2.24) is 20.4 Å². The van der Waals surface area contributed by atoms with Gasteiger partial charge in [0.25, 0.3) is 5.91 Å². The van der Waals surface area contributed by atoms with Gasteiger partial charge in [0.15, 0.2) is 0 Å². The highest BCUT2D eigenvalue weighted by atomic mass is 16.2. The van der Waals surface area contributed by atoms with E-state index in [4.69, 9.17) is 0 Å². The summed E-state index contributed by atoms with van der Waals surface area (Å²) in [5.74, 6) is 0.622. The highest BCUT2D eigenvalue weighted by Gasteiger charge is 2.22. The summed E-state index contributed by atoms with van der Waals surface area (Å²) in [4.78, 5) is 28.9. The molecule has 0 bridgehead atoms. The summed E-state index contributed by atoms with van der Waals surface area (Å²) < 4.78 is 0. The fourth-order valence-electron chi connectivity index (χ4n) is 3.82. The van der Waals surface area contributed by atoms with E-state index in [1.165, 1.54) is 11.1 Å². The van der Waals surface area contributed by atoms with Crippen molar-refractivity contribution in [2.24, 2.45) is 0 Å². The Morgan fingerprint density at radius 1 is 0.844 bits per heavy atom. The molecule has 0 unspecified atom stereocenters. The number of hydrogen-bond donors (Lipinski definition) is 2. The third-order valence-corrected chi connectivity index (χ3v) is 5.79. The number of nitrogens with one attached hydrogen (secondary N) is 2. The lowest BCUT2D eigenvalue weighted by Gasteiger charge is -2.34. The van der Waals surface area contributed by atoms with Gasteiger partial charge in [0.2, 0.25) is 0 Å². The first-order valence-electron chi connectivity index (χ1n) is 11.6. The van der Waals surface area contributed by atoms with Gasteiger partial charge >= 0.3 is 6.03 Å². The molecule has 0 atom stereocenters. The molecule has 0 aliphatic carbocycles. The minimum atomic E-state index is -0.186. The fourth-order valence-corrected chi connectivity index (χ4v) is 3.82. The van der Waals surface area contributed by atoms with Gasteiger partial charge in [-0.3, -0.25) is 9.69 Å². The molecule has 6 nitrogen and oxygen atoms in total. The van der Waals surface area contributed by atoms with Gasteiger partial charge < -0.3 is 15.5 Å². The average molecular weight is 437 g/mol. The molecule has 2 N–H and O–H groups in total. The molecule has 3 rings (SSSR count). The summed E-state index contributed by atoms with van der Waals surface area (Å²) in [6, 6.07) is 16.3. The van der Waals surface area contributed by atoms with Gasteiger partial charge in [-0.2, -0.15) is 0 Å². The molecule has 0 saturated carbocycles. The van der Waals surface area contributed by atoms with Crippen LogP contribution in [0.3, 0.4) is 0 Å². The molecular weight excluding hydrogens is 400 g/mol. The van der Waals surface area contributed by atoms with E-state index < -0.39 is 0 Å². The lowest BCUT2D eigenvalue weighted by Crippen LogP contribution is -2.48. The van der Waals surface area contributed by atoms with Crippen LogP contribution in [-0.4, -0.2) is 54.0 Å². The maximum Gasteiger partial charge on any atom is 0.315 e. The molecule has 6 heteroatoms. The number of benzene rings is 2. The lowest BCUT2D eigenvalue weighted by atomic mass is 10.0. The van der Waals surface area contributed by atoms with Gasteiger partial charge in [0, 0.05) is 50.9 Å². The second-order valence-corrected chi connectivity index (χ2v) is 9.14. The van der Waals surface area contributed by atoms with Crippen molar-refractivity contribution in [3.05, 3.63) is 70.8 Å². The minimum Gasteiger partial charge on any atom is -0.336 e. The molecule has 3 amide bonds. The van der Waals surface area contributed by atoms with Crippen LogP contribution in [0.1, 0.15) is 60.7 Å². The molecule has 0 radical (unpaired) electrons. The molecule has 2 aromatic carbocycles. The SMILES string of the molecule is CC(C)NC(=O)NCc1ccc(C(=O)N2CCN(Cc3ccc(C(C)C)cc3)CC2)cc1. The Labute approximate surface area is 192 Å². The Morgan fingerprint density at radius 2 is 1.44 bits per heavy atom. The predicted molar refractivity (Wildman–Crippen MR) is 129 cm³/mol. The summed E-state index contributed by atoms with van der Waals surface area (Å²) in [6.45, 7) is 12.9. The monoisotopic (exact) mass is 436 g/mol. The van der Waals surface area contributed by atoms with E-state index in [0.717, 1.165) is 38.3 Å². The molecular formula is C26H36N4O2. The molecule has 1 heterocycles. The zero-order valence-corrected chi connectivity index (χ0v) is 19.7. The quantitative estimate of drug-likeness (QED) is 0.690. The predicted octanol–water partition coefficient (Wildman–Crippen LogP) is 3.98. The van der Waals surface area contributed by atoms with Crippen LogP contribution in [0.4, 0.5) is 4.79 Å². The number of urea groups is 1. The first-order valence-corrected chi connectivity index (χ1v) is 11.6. The van der Waals surface area contributed by atoms with E-state index in [9.17, 15) is 9.59 Å². The van der Waals surface area contributed by atoms with E-state index in [0.29, 0.717) is 18.0 Å². The van der Waals surface area contributed by atoms with Gasteiger partial charge in [-0.1, -0.05) is 50.2 Å². The molecule has 1 aliphatic rings. The van der Waals surface area contributed by atoms with Crippen molar-refractivity contribution in [1.29, 1.82) is 0 Å². The summed E-state index contributed by atoms with van der Waals surface area (Å²) in [5, 5.41) is 5.62. The molecule has 32 heavy (non-hydrogen) atoms. The Morgan fingerprint density at radius 3 is 2.00 bits per heavy atom. The summed E-state index contributed by atoms with van der Waals surface area (Å²) >= 11 is 0. The van der Waals surface area contributed by atoms with E-state index in [-0.39, 0.29) is 18.0 Å². The van der Waals surface area contributed by atoms with Crippen molar-refractivity contribution in [3.63, 3.8) is 0 Å². The first kappa shape index (κ1) is 23.8. The number of carbonyl (C=O) groups excluding carboxylic acids is 2. The molecule has 1 saturated heterocycles. The van der Waals surface area contributed by atoms with Crippen molar-refractivity contribution in [2.45, 2.75) is 52.7 Å². The maximum atomic E-state index is 12.9. The standard InChI is InChI=1S/C26H36N4O2/c1-19(2)23-9-7-22(8-10-23)18-29-13-15-30(16-14-29)25(31)24-11-5-21(6-12-24)17-27-26(32)28-20(3)4/h5-12,19-20H,13-18H2,1-4H3,(H2,27,28,32). The summed E-state index contributed by atoms with van der Waals surface area (Å²) in [7, 11) is 0.